The van der Waals surface area contributed by atoms with Crippen LogP contribution in [0.25, 0.3) is 0 Å². The normalized spacial score (nSPS) is 26.5. The number of rotatable bonds is 5. The van der Waals surface area contributed by atoms with Gasteiger partial charge in [0.05, 0.1) is 12.6 Å². The van der Waals surface area contributed by atoms with Gasteiger partial charge in [0.1, 0.15) is 12.4 Å². The first-order valence-corrected chi connectivity index (χ1v) is 10.4. The summed E-state index contributed by atoms with van der Waals surface area (Å²) in [5.41, 5.74) is 0.105. The molecule has 2 fully saturated rings. The summed E-state index contributed by atoms with van der Waals surface area (Å²) < 4.78 is 7.91. The minimum atomic E-state index is 0.105. The van der Waals surface area contributed by atoms with Crippen molar-refractivity contribution in [1.82, 2.24) is 25.4 Å². The third kappa shape index (κ3) is 3.48. The molecule has 0 aromatic carbocycles. The predicted molar refractivity (Wildman–Crippen MR) is 107 cm³/mol. The summed E-state index contributed by atoms with van der Waals surface area (Å²) in [6.07, 6.45) is 1.47. The number of nitrogens with zero attached hydrogens (tertiary/aromatic N) is 4. The molecular weight excluding hydrogens is 360 g/mol. The SMILES string of the molecule is Cc1nnc(CN=C(NCc2cccs2)NC2C3CCOC3C2(C)C)n1C. The first-order valence-electron chi connectivity index (χ1n) is 9.50. The minimum Gasteiger partial charge on any atom is -0.377 e. The van der Waals surface area contributed by atoms with Crippen LogP contribution in [0, 0.1) is 18.3 Å². The van der Waals surface area contributed by atoms with E-state index in [0.717, 1.165) is 37.2 Å². The minimum absolute atomic E-state index is 0.105. The molecule has 8 heteroatoms. The molecule has 1 aliphatic carbocycles. The Balaban J connectivity index is 1.48. The average Bonchev–Trinajstić information content (AvgIpc) is 3.37. The lowest BCUT2D eigenvalue weighted by Gasteiger charge is -2.54. The van der Waals surface area contributed by atoms with E-state index in [1.165, 1.54) is 4.88 Å². The molecule has 27 heavy (non-hydrogen) atoms. The van der Waals surface area contributed by atoms with Crippen LogP contribution < -0.4 is 10.6 Å². The molecule has 3 atom stereocenters. The van der Waals surface area contributed by atoms with E-state index in [1.807, 2.05) is 18.5 Å². The first kappa shape index (κ1) is 18.4. The Morgan fingerprint density at radius 3 is 3.00 bits per heavy atom. The Bertz CT molecular complexity index is 812. The summed E-state index contributed by atoms with van der Waals surface area (Å²) in [4.78, 5) is 6.09. The zero-order chi connectivity index (χ0) is 19.0. The molecule has 146 valence electrons. The van der Waals surface area contributed by atoms with Gasteiger partial charge >= 0.3 is 0 Å². The van der Waals surface area contributed by atoms with Gasteiger partial charge in [-0.1, -0.05) is 19.9 Å². The molecule has 1 saturated heterocycles. The number of aliphatic imine (C=N–C) groups is 1. The van der Waals surface area contributed by atoms with Crippen molar-refractivity contribution >= 4 is 17.3 Å². The molecule has 7 nitrogen and oxygen atoms in total. The van der Waals surface area contributed by atoms with Gasteiger partial charge in [-0.2, -0.15) is 0 Å². The van der Waals surface area contributed by atoms with E-state index in [4.69, 9.17) is 9.73 Å². The third-order valence-corrected chi connectivity index (χ3v) is 6.84. The van der Waals surface area contributed by atoms with Crippen molar-refractivity contribution < 1.29 is 4.74 Å². The fourth-order valence-corrected chi connectivity index (χ4v) is 4.88. The van der Waals surface area contributed by atoms with Crippen LogP contribution in [0.4, 0.5) is 0 Å². The molecule has 0 spiro atoms. The quantitative estimate of drug-likeness (QED) is 0.607. The summed E-state index contributed by atoms with van der Waals surface area (Å²) in [6.45, 7) is 8.63. The van der Waals surface area contributed by atoms with Crippen LogP contribution in [0.5, 0.6) is 0 Å². The molecule has 1 aliphatic heterocycles. The van der Waals surface area contributed by atoms with Gasteiger partial charge in [-0.25, -0.2) is 4.99 Å². The number of hydrogen-bond acceptors (Lipinski definition) is 5. The lowest BCUT2D eigenvalue weighted by Crippen LogP contribution is -2.67. The number of thiophene rings is 1. The predicted octanol–water partition coefficient (Wildman–Crippen LogP) is 2.23. The van der Waals surface area contributed by atoms with Crippen molar-refractivity contribution in [2.24, 2.45) is 23.4 Å². The lowest BCUT2D eigenvalue weighted by atomic mass is 9.57. The molecule has 2 aromatic rings. The highest BCUT2D eigenvalue weighted by molar-refractivity contribution is 7.09. The Morgan fingerprint density at radius 1 is 1.44 bits per heavy atom. The molecule has 0 amide bonds. The zero-order valence-corrected chi connectivity index (χ0v) is 17.2. The lowest BCUT2D eigenvalue weighted by molar-refractivity contribution is -0.106. The van der Waals surface area contributed by atoms with Crippen LogP contribution in [0.3, 0.4) is 0 Å². The summed E-state index contributed by atoms with van der Waals surface area (Å²) in [5, 5.41) is 17.6. The fraction of sp³-hybridized carbons (Fsp3) is 0.632. The van der Waals surface area contributed by atoms with E-state index in [-0.39, 0.29) is 5.41 Å². The van der Waals surface area contributed by atoms with Crippen LogP contribution in [0.1, 0.15) is 36.8 Å². The molecule has 3 unspecified atom stereocenters. The largest absolute Gasteiger partial charge is 0.377 e. The fourth-order valence-electron chi connectivity index (χ4n) is 4.24. The van der Waals surface area contributed by atoms with Crippen LogP contribution in [-0.2, 0) is 24.9 Å². The van der Waals surface area contributed by atoms with Gasteiger partial charge < -0.3 is 19.9 Å². The number of hydrogen-bond donors (Lipinski definition) is 2. The van der Waals surface area contributed by atoms with Crippen molar-refractivity contribution in [3.63, 3.8) is 0 Å². The summed E-state index contributed by atoms with van der Waals surface area (Å²) in [5.74, 6) is 3.14. The summed E-state index contributed by atoms with van der Waals surface area (Å²) in [6, 6.07) is 4.57. The Morgan fingerprint density at radius 2 is 2.30 bits per heavy atom. The maximum absolute atomic E-state index is 5.93. The smallest absolute Gasteiger partial charge is 0.192 e. The maximum Gasteiger partial charge on any atom is 0.192 e. The summed E-state index contributed by atoms with van der Waals surface area (Å²) >= 11 is 1.75. The van der Waals surface area contributed by atoms with Crippen LogP contribution in [-0.4, -0.2) is 39.5 Å². The van der Waals surface area contributed by atoms with Gasteiger partial charge in [0, 0.05) is 35.9 Å². The van der Waals surface area contributed by atoms with Gasteiger partial charge in [-0.15, -0.1) is 21.5 Å². The number of nitrogens with one attached hydrogen (secondary N) is 2. The van der Waals surface area contributed by atoms with Crippen molar-refractivity contribution in [3.8, 4) is 0 Å². The van der Waals surface area contributed by atoms with E-state index < -0.39 is 0 Å². The number of ether oxygens (including phenoxy) is 1. The van der Waals surface area contributed by atoms with Crippen LogP contribution in [0.15, 0.2) is 22.5 Å². The van der Waals surface area contributed by atoms with E-state index >= 15 is 0 Å². The van der Waals surface area contributed by atoms with Gasteiger partial charge in [0.25, 0.3) is 0 Å². The zero-order valence-electron chi connectivity index (χ0n) is 16.4. The molecule has 3 heterocycles. The molecule has 4 rings (SSSR count). The monoisotopic (exact) mass is 388 g/mol. The van der Waals surface area contributed by atoms with Crippen LogP contribution in [0.2, 0.25) is 0 Å². The van der Waals surface area contributed by atoms with Crippen molar-refractivity contribution in [1.29, 1.82) is 0 Å². The van der Waals surface area contributed by atoms with Gasteiger partial charge in [-0.3, -0.25) is 0 Å². The first-order chi connectivity index (χ1) is 13.0. The number of guanidine groups is 1. The molecule has 1 saturated carbocycles. The molecule has 2 N–H and O–H groups in total. The number of aromatic nitrogens is 3. The maximum atomic E-state index is 5.93. The highest BCUT2D eigenvalue weighted by atomic mass is 32.1. The molecule has 2 aliphatic rings. The van der Waals surface area contributed by atoms with Crippen molar-refractivity contribution in [3.05, 3.63) is 34.0 Å². The Labute approximate surface area is 164 Å². The Hall–Kier alpha value is -1.93. The topological polar surface area (TPSA) is 76.4 Å². The van der Waals surface area contributed by atoms with Gasteiger partial charge in [0.15, 0.2) is 11.8 Å². The van der Waals surface area contributed by atoms with Gasteiger partial charge in [-0.05, 0) is 24.8 Å². The standard InChI is InChI=1S/C19H28N6OS/c1-12-23-24-15(25(12)4)11-21-18(20-10-13-6-5-9-27-13)22-16-14-7-8-26-17(14)19(16,2)3/h5-6,9,14,16-17H,7-8,10-11H2,1-4H3,(H2,20,21,22). The van der Waals surface area contributed by atoms with E-state index in [0.29, 0.717) is 24.6 Å². The summed E-state index contributed by atoms with van der Waals surface area (Å²) in [7, 11) is 1.97. The molecule has 0 bridgehead atoms. The number of fused-ring (bicyclic) bond motifs is 1. The second-order valence-corrected chi connectivity index (χ2v) is 9.04. The highest BCUT2D eigenvalue weighted by Crippen LogP contribution is 2.52. The van der Waals surface area contributed by atoms with E-state index in [9.17, 15) is 0 Å². The highest BCUT2D eigenvalue weighted by Gasteiger charge is 2.59. The molecule has 2 aromatic heterocycles. The number of aryl methyl sites for hydroxylation is 1. The Kier molecular flexibility index (Phi) is 4.94. The molecular formula is C19H28N6OS. The second kappa shape index (κ2) is 7.24. The third-order valence-electron chi connectivity index (χ3n) is 5.96. The van der Waals surface area contributed by atoms with E-state index in [2.05, 4.69) is 52.2 Å². The van der Waals surface area contributed by atoms with Gasteiger partial charge in [0.2, 0.25) is 0 Å². The van der Waals surface area contributed by atoms with Crippen molar-refractivity contribution in [2.75, 3.05) is 6.61 Å². The van der Waals surface area contributed by atoms with Crippen molar-refractivity contribution in [2.45, 2.75) is 52.4 Å². The molecule has 0 radical (unpaired) electrons. The van der Waals surface area contributed by atoms with Crippen LogP contribution >= 0.6 is 11.3 Å². The van der Waals surface area contributed by atoms with E-state index in [1.54, 1.807) is 11.3 Å². The second-order valence-electron chi connectivity index (χ2n) is 8.01. The average molecular weight is 389 g/mol.